The molecule has 0 unspecified atom stereocenters. The monoisotopic (exact) mass is 132 g/mol. The summed E-state index contributed by atoms with van der Waals surface area (Å²) in [7, 11) is 0. The van der Waals surface area contributed by atoms with Crippen molar-refractivity contribution < 1.29 is 0 Å². The van der Waals surface area contributed by atoms with E-state index in [1.165, 1.54) is 4.52 Å². The third-order valence-electron chi connectivity index (χ3n) is 0.906. The summed E-state index contributed by atoms with van der Waals surface area (Å²) in [6.07, 6.45) is 1.67. The molecule has 1 N–H and O–H groups in total. The number of thiol groups is 1. The summed E-state index contributed by atoms with van der Waals surface area (Å²) in [4.78, 5) is 0. The van der Waals surface area contributed by atoms with Crippen LogP contribution in [0, 0.1) is 0 Å². The van der Waals surface area contributed by atoms with E-state index in [9.17, 15) is 0 Å². The van der Waals surface area contributed by atoms with Crippen LogP contribution < -0.4 is 5.53 Å². The first kappa shape index (κ1) is 5.71. The molecule has 0 aromatic carbocycles. The van der Waals surface area contributed by atoms with Gasteiger partial charge in [-0.2, -0.15) is 5.10 Å². The molecule has 0 saturated carbocycles. The molecule has 0 aliphatic carbocycles. The van der Waals surface area contributed by atoms with Gasteiger partial charge < -0.3 is 0 Å². The van der Waals surface area contributed by atoms with Gasteiger partial charge in [-0.3, -0.25) is 5.01 Å². The van der Waals surface area contributed by atoms with E-state index in [2.05, 4.69) is 23.5 Å². The average molecular weight is 132 g/mol. The van der Waals surface area contributed by atoms with E-state index in [4.69, 9.17) is 0 Å². The van der Waals surface area contributed by atoms with E-state index in [1.54, 1.807) is 6.34 Å². The Labute approximate surface area is 53.6 Å². The first-order chi connectivity index (χ1) is 3.84. The molecule has 0 spiro atoms. The molecule has 0 amide bonds. The number of hydrazone groups is 1. The average Bonchev–Trinajstić information content (AvgIpc) is 2.14. The summed E-state index contributed by atoms with van der Waals surface area (Å²) < 4.78 is 1.51. The first-order valence-corrected chi connectivity index (χ1v) is 2.79. The van der Waals surface area contributed by atoms with Crippen LogP contribution in [-0.4, -0.2) is 22.4 Å². The molecule has 0 radical (unpaired) electrons. The molecule has 1 aliphatic heterocycles. The van der Waals surface area contributed by atoms with Crippen LogP contribution in [0.4, 0.5) is 0 Å². The van der Waals surface area contributed by atoms with Crippen molar-refractivity contribution in [2.75, 3.05) is 6.54 Å². The number of hydrazine groups is 2. The first-order valence-electron chi connectivity index (χ1n) is 2.39. The SMILES string of the molecule is CCN1C=NNN1S. The predicted octanol–water partition coefficient (Wildman–Crippen LogP) is -0.168. The zero-order valence-electron chi connectivity index (χ0n) is 4.57. The summed E-state index contributed by atoms with van der Waals surface area (Å²) in [6, 6.07) is 0. The smallest absolute Gasteiger partial charge is 0.129 e. The molecule has 8 heavy (non-hydrogen) atoms. The number of nitrogens with zero attached hydrogens (tertiary/aromatic N) is 3. The maximum absolute atomic E-state index is 3.99. The lowest BCUT2D eigenvalue weighted by atomic mass is 10.7. The van der Waals surface area contributed by atoms with Crippen molar-refractivity contribution in [1.82, 2.24) is 15.1 Å². The van der Waals surface area contributed by atoms with Crippen LogP contribution in [0.1, 0.15) is 6.92 Å². The number of rotatable bonds is 1. The molecule has 0 saturated heterocycles. The minimum Gasteiger partial charge on any atom is -0.265 e. The van der Waals surface area contributed by atoms with Crippen molar-refractivity contribution in [3.8, 4) is 0 Å². The zero-order chi connectivity index (χ0) is 5.98. The highest BCUT2D eigenvalue weighted by Gasteiger charge is 2.08. The minimum atomic E-state index is 0.875. The standard InChI is InChI=1S/C3H8N4S/c1-2-6-3-4-5-7(6)8/h3,5,8H,2H2,1H3. The predicted molar refractivity (Wildman–Crippen MR) is 34.8 cm³/mol. The number of hydrogen-bond acceptors (Lipinski definition) is 5. The fourth-order valence-corrected chi connectivity index (χ4v) is 0.690. The van der Waals surface area contributed by atoms with Crippen molar-refractivity contribution in [1.29, 1.82) is 0 Å². The van der Waals surface area contributed by atoms with Gasteiger partial charge in [0.25, 0.3) is 0 Å². The maximum atomic E-state index is 3.99. The van der Waals surface area contributed by atoms with Crippen LogP contribution in [0.15, 0.2) is 5.10 Å². The highest BCUT2D eigenvalue weighted by Crippen LogP contribution is 1.98. The van der Waals surface area contributed by atoms with Gasteiger partial charge in [-0.25, -0.2) is 5.53 Å². The Hall–Kier alpha value is -0.420. The quantitative estimate of drug-likeness (QED) is 0.486. The molecule has 0 aromatic heterocycles. The van der Waals surface area contributed by atoms with Crippen molar-refractivity contribution in [2.45, 2.75) is 6.92 Å². The lowest BCUT2D eigenvalue weighted by Crippen LogP contribution is -2.34. The van der Waals surface area contributed by atoms with Crippen molar-refractivity contribution in [2.24, 2.45) is 5.10 Å². The molecule has 0 fully saturated rings. The fraction of sp³-hybridized carbons (Fsp3) is 0.667. The van der Waals surface area contributed by atoms with E-state index in [0.717, 1.165) is 6.54 Å². The Balaban J connectivity index is 2.41. The van der Waals surface area contributed by atoms with Gasteiger partial charge >= 0.3 is 0 Å². The normalized spacial score (nSPS) is 19.5. The Morgan fingerprint density at radius 2 is 2.62 bits per heavy atom. The Morgan fingerprint density at radius 3 is 2.88 bits per heavy atom. The summed E-state index contributed by atoms with van der Waals surface area (Å²) >= 11 is 3.99. The van der Waals surface area contributed by atoms with E-state index in [-0.39, 0.29) is 0 Å². The summed E-state index contributed by atoms with van der Waals surface area (Å²) in [5.74, 6) is 0. The lowest BCUT2D eigenvalue weighted by molar-refractivity contribution is 0.154. The van der Waals surface area contributed by atoms with Gasteiger partial charge in [0.1, 0.15) is 6.34 Å². The third kappa shape index (κ3) is 0.873. The van der Waals surface area contributed by atoms with Gasteiger partial charge in [0.15, 0.2) is 0 Å². The lowest BCUT2D eigenvalue weighted by Gasteiger charge is -2.17. The van der Waals surface area contributed by atoms with Gasteiger partial charge in [0.2, 0.25) is 0 Å². The second-order valence-electron chi connectivity index (χ2n) is 1.39. The number of nitrogens with one attached hydrogen (secondary N) is 1. The van der Waals surface area contributed by atoms with Crippen molar-refractivity contribution >= 4 is 19.2 Å². The van der Waals surface area contributed by atoms with Crippen molar-refractivity contribution in [3.05, 3.63) is 0 Å². The molecule has 46 valence electrons. The number of hydrogen-bond donors (Lipinski definition) is 2. The summed E-state index contributed by atoms with van der Waals surface area (Å²) in [6.45, 7) is 2.89. The van der Waals surface area contributed by atoms with E-state index in [0.29, 0.717) is 0 Å². The maximum Gasteiger partial charge on any atom is 0.129 e. The van der Waals surface area contributed by atoms with Crippen LogP contribution in [-0.2, 0) is 0 Å². The fourth-order valence-electron chi connectivity index (χ4n) is 0.466. The van der Waals surface area contributed by atoms with Gasteiger partial charge in [-0.05, 0) is 19.7 Å². The van der Waals surface area contributed by atoms with Gasteiger partial charge in [0, 0.05) is 6.54 Å². The molecule has 0 aromatic rings. The van der Waals surface area contributed by atoms with Crippen LogP contribution in [0.2, 0.25) is 0 Å². The van der Waals surface area contributed by atoms with Gasteiger partial charge in [-0.15, -0.1) is 0 Å². The van der Waals surface area contributed by atoms with Crippen LogP contribution in [0.25, 0.3) is 0 Å². The second-order valence-corrected chi connectivity index (χ2v) is 1.77. The Bertz CT molecular complexity index is 103. The summed E-state index contributed by atoms with van der Waals surface area (Å²) in [5, 5.41) is 5.54. The van der Waals surface area contributed by atoms with Gasteiger partial charge in [-0.1, -0.05) is 4.52 Å². The molecule has 0 bridgehead atoms. The molecule has 1 heterocycles. The largest absolute Gasteiger partial charge is 0.265 e. The van der Waals surface area contributed by atoms with Crippen LogP contribution in [0.3, 0.4) is 0 Å². The zero-order valence-corrected chi connectivity index (χ0v) is 5.47. The van der Waals surface area contributed by atoms with Crippen LogP contribution >= 0.6 is 12.8 Å². The molecule has 4 nitrogen and oxygen atoms in total. The molecule has 5 heteroatoms. The highest BCUT2D eigenvalue weighted by molar-refractivity contribution is 7.77. The molecular weight excluding hydrogens is 124 g/mol. The second kappa shape index (κ2) is 2.23. The summed E-state index contributed by atoms with van der Waals surface area (Å²) in [5.41, 5.74) is 2.61. The molecule has 1 aliphatic rings. The van der Waals surface area contributed by atoms with Crippen LogP contribution in [0.5, 0.6) is 0 Å². The van der Waals surface area contributed by atoms with Gasteiger partial charge in [0.05, 0.1) is 0 Å². The Morgan fingerprint density at radius 1 is 1.88 bits per heavy atom. The third-order valence-corrected chi connectivity index (χ3v) is 1.22. The minimum absolute atomic E-state index is 0.875. The Kier molecular flexibility index (Phi) is 1.59. The molecular formula is C3H8N4S. The van der Waals surface area contributed by atoms with E-state index in [1.807, 2.05) is 11.9 Å². The highest BCUT2D eigenvalue weighted by atomic mass is 32.1. The van der Waals surface area contributed by atoms with E-state index >= 15 is 0 Å². The topological polar surface area (TPSA) is 30.9 Å². The molecule has 1 rings (SSSR count). The van der Waals surface area contributed by atoms with E-state index < -0.39 is 0 Å². The molecule has 0 atom stereocenters. The van der Waals surface area contributed by atoms with Crippen molar-refractivity contribution in [3.63, 3.8) is 0 Å².